The van der Waals surface area contributed by atoms with Gasteiger partial charge >= 0.3 is 0 Å². The van der Waals surface area contributed by atoms with Gasteiger partial charge in [0.2, 0.25) is 0 Å². The fourth-order valence-electron chi connectivity index (χ4n) is 4.08. The summed E-state index contributed by atoms with van der Waals surface area (Å²) in [6, 6.07) is 1.66. The van der Waals surface area contributed by atoms with Crippen molar-refractivity contribution in [1.29, 1.82) is 0 Å². The summed E-state index contributed by atoms with van der Waals surface area (Å²) in [4.78, 5) is 5.50. The minimum atomic E-state index is 0.779. The first kappa shape index (κ1) is 12.9. The molecule has 3 rings (SSSR count). The molecule has 3 nitrogen and oxygen atoms in total. The minimum absolute atomic E-state index is 0.779. The zero-order chi connectivity index (χ0) is 12.4. The fourth-order valence-corrected chi connectivity index (χ4v) is 4.08. The van der Waals surface area contributed by atoms with E-state index < -0.39 is 0 Å². The molecule has 104 valence electrons. The number of piperidine rings is 1. The lowest BCUT2D eigenvalue weighted by molar-refractivity contribution is 0.0543. The molecule has 0 aliphatic carbocycles. The van der Waals surface area contributed by atoms with Gasteiger partial charge in [-0.2, -0.15) is 0 Å². The highest BCUT2D eigenvalue weighted by Gasteiger charge is 2.34. The summed E-state index contributed by atoms with van der Waals surface area (Å²) in [6.07, 6.45) is 7.10. The molecule has 0 aromatic heterocycles. The van der Waals surface area contributed by atoms with Crippen LogP contribution < -0.4 is 5.32 Å². The van der Waals surface area contributed by atoms with Gasteiger partial charge in [-0.25, -0.2) is 0 Å². The second kappa shape index (κ2) is 5.89. The van der Waals surface area contributed by atoms with Crippen LogP contribution in [-0.4, -0.2) is 61.2 Å². The highest BCUT2D eigenvalue weighted by atomic mass is 15.3. The van der Waals surface area contributed by atoms with Gasteiger partial charge in [0.05, 0.1) is 0 Å². The van der Waals surface area contributed by atoms with Gasteiger partial charge < -0.3 is 5.32 Å². The molecule has 3 saturated heterocycles. The Balaban J connectivity index is 1.46. The summed E-state index contributed by atoms with van der Waals surface area (Å²) in [5.41, 5.74) is 0. The second-order valence-electron chi connectivity index (χ2n) is 6.62. The van der Waals surface area contributed by atoms with Gasteiger partial charge in [-0.15, -0.1) is 0 Å². The Hall–Kier alpha value is -0.120. The number of nitrogens with one attached hydrogen (secondary N) is 1. The number of hydrogen-bond acceptors (Lipinski definition) is 3. The van der Waals surface area contributed by atoms with Crippen LogP contribution in [0, 0.1) is 5.92 Å². The van der Waals surface area contributed by atoms with Gasteiger partial charge in [-0.05, 0) is 71.1 Å². The average Bonchev–Trinajstić information content (AvgIpc) is 2.84. The van der Waals surface area contributed by atoms with Crippen LogP contribution in [0.25, 0.3) is 0 Å². The Morgan fingerprint density at radius 3 is 2.78 bits per heavy atom. The van der Waals surface area contributed by atoms with Crippen LogP contribution in [0.4, 0.5) is 0 Å². The highest BCUT2D eigenvalue weighted by Crippen LogP contribution is 2.25. The maximum atomic E-state index is 3.47. The van der Waals surface area contributed by atoms with Crippen molar-refractivity contribution in [2.45, 2.75) is 51.1 Å². The predicted octanol–water partition coefficient (Wildman–Crippen LogP) is 1.54. The third kappa shape index (κ3) is 2.89. The zero-order valence-electron chi connectivity index (χ0n) is 11.9. The zero-order valence-corrected chi connectivity index (χ0v) is 11.9. The largest absolute Gasteiger partial charge is 0.317 e. The van der Waals surface area contributed by atoms with E-state index in [2.05, 4.69) is 22.0 Å². The third-order valence-electron chi connectivity index (χ3n) is 5.35. The molecule has 2 atom stereocenters. The van der Waals surface area contributed by atoms with E-state index in [1.165, 1.54) is 71.4 Å². The topological polar surface area (TPSA) is 18.5 Å². The number of fused-ring (bicyclic) bond motifs is 1. The summed E-state index contributed by atoms with van der Waals surface area (Å²) < 4.78 is 0. The molecule has 0 radical (unpaired) electrons. The monoisotopic (exact) mass is 251 g/mol. The first-order valence-corrected chi connectivity index (χ1v) is 8.02. The molecule has 0 amide bonds. The fraction of sp³-hybridized carbons (Fsp3) is 1.00. The number of piperazine rings is 1. The van der Waals surface area contributed by atoms with Crippen molar-refractivity contribution in [1.82, 2.24) is 15.1 Å². The summed E-state index contributed by atoms with van der Waals surface area (Å²) in [5.74, 6) is 0.986. The minimum Gasteiger partial charge on any atom is -0.317 e. The molecule has 0 bridgehead atoms. The third-order valence-corrected chi connectivity index (χ3v) is 5.35. The van der Waals surface area contributed by atoms with E-state index in [1.54, 1.807) is 0 Å². The van der Waals surface area contributed by atoms with Crippen molar-refractivity contribution < 1.29 is 0 Å². The van der Waals surface area contributed by atoms with Crippen molar-refractivity contribution in [3.8, 4) is 0 Å². The molecule has 0 saturated carbocycles. The molecule has 0 aromatic rings. The van der Waals surface area contributed by atoms with Crippen molar-refractivity contribution in [2.75, 3.05) is 39.3 Å². The Morgan fingerprint density at radius 2 is 1.94 bits per heavy atom. The van der Waals surface area contributed by atoms with E-state index in [9.17, 15) is 0 Å². The lowest BCUT2D eigenvalue weighted by Gasteiger charge is -2.43. The average molecular weight is 251 g/mol. The van der Waals surface area contributed by atoms with Crippen LogP contribution in [0.15, 0.2) is 0 Å². The summed E-state index contributed by atoms with van der Waals surface area (Å²) in [5, 5.41) is 3.47. The Labute approximate surface area is 112 Å². The molecule has 3 fully saturated rings. The normalized spacial score (nSPS) is 35.8. The van der Waals surface area contributed by atoms with Crippen molar-refractivity contribution >= 4 is 0 Å². The molecular weight excluding hydrogens is 222 g/mol. The van der Waals surface area contributed by atoms with Gasteiger partial charge in [-0.1, -0.05) is 0 Å². The van der Waals surface area contributed by atoms with Crippen molar-refractivity contribution in [3.63, 3.8) is 0 Å². The molecular formula is C15H29N3. The van der Waals surface area contributed by atoms with Gasteiger partial charge in [0.1, 0.15) is 0 Å². The Morgan fingerprint density at radius 1 is 1.11 bits per heavy atom. The maximum Gasteiger partial charge on any atom is 0.0224 e. The highest BCUT2D eigenvalue weighted by molar-refractivity contribution is 4.90. The Bertz CT molecular complexity index is 262. The summed E-state index contributed by atoms with van der Waals surface area (Å²) in [7, 11) is 0. The molecule has 3 aliphatic rings. The Kier molecular flexibility index (Phi) is 4.22. The lowest BCUT2D eigenvalue weighted by atomic mass is 9.94. The van der Waals surface area contributed by atoms with Crippen LogP contribution in [0.2, 0.25) is 0 Å². The van der Waals surface area contributed by atoms with Crippen LogP contribution in [0.3, 0.4) is 0 Å². The number of hydrogen-bond donors (Lipinski definition) is 1. The molecule has 3 heteroatoms. The molecule has 18 heavy (non-hydrogen) atoms. The molecule has 3 heterocycles. The number of rotatable bonds is 3. The quantitative estimate of drug-likeness (QED) is 0.821. The van der Waals surface area contributed by atoms with E-state index in [0.29, 0.717) is 0 Å². The van der Waals surface area contributed by atoms with Crippen LogP contribution >= 0.6 is 0 Å². The second-order valence-corrected chi connectivity index (χ2v) is 6.62. The smallest absolute Gasteiger partial charge is 0.0224 e. The van der Waals surface area contributed by atoms with Crippen LogP contribution in [0.5, 0.6) is 0 Å². The SMILES string of the molecule is CC1CN2CCCC2CN1CCC1CCNCC1. The summed E-state index contributed by atoms with van der Waals surface area (Å²) >= 11 is 0. The molecule has 2 unspecified atom stereocenters. The van der Waals surface area contributed by atoms with Gasteiger partial charge in [-0.3, -0.25) is 9.80 Å². The van der Waals surface area contributed by atoms with E-state index in [0.717, 1.165) is 18.0 Å². The first-order chi connectivity index (χ1) is 8.83. The van der Waals surface area contributed by atoms with Crippen LogP contribution in [0.1, 0.15) is 39.0 Å². The van der Waals surface area contributed by atoms with Gasteiger partial charge in [0, 0.05) is 25.2 Å². The molecule has 0 spiro atoms. The molecule has 3 aliphatic heterocycles. The van der Waals surface area contributed by atoms with Gasteiger partial charge in [0.25, 0.3) is 0 Å². The molecule has 0 aromatic carbocycles. The standard InChI is InChI=1S/C15H29N3/c1-13-11-18-9-2-3-15(18)12-17(13)10-6-14-4-7-16-8-5-14/h13-16H,2-12H2,1H3. The predicted molar refractivity (Wildman–Crippen MR) is 75.8 cm³/mol. The van der Waals surface area contributed by atoms with E-state index in [1.807, 2.05) is 0 Å². The maximum absolute atomic E-state index is 3.47. The van der Waals surface area contributed by atoms with Crippen molar-refractivity contribution in [3.05, 3.63) is 0 Å². The van der Waals surface area contributed by atoms with Crippen LogP contribution in [-0.2, 0) is 0 Å². The van der Waals surface area contributed by atoms with E-state index >= 15 is 0 Å². The molecule has 1 N–H and O–H groups in total. The van der Waals surface area contributed by atoms with Crippen molar-refractivity contribution in [2.24, 2.45) is 5.92 Å². The summed E-state index contributed by atoms with van der Waals surface area (Å²) in [6.45, 7) is 10.3. The first-order valence-electron chi connectivity index (χ1n) is 8.02. The lowest BCUT2D eigenvalue weighted by Crippen LogP contribution is -2.55. The van der Waals surface area contributed by atoms with Gasteiger partial charge in [0.15, 0.2) is 0 Å². The van der Waals surface area contributed by atoms with E-state index in [-0.39, 0.29) is 0 Å². The number of nitrogens with zero attached hydrogens (tertiary/aromatic N) is 2. The van der Waals surface area contributed by atoms with E-state index in [4.69, 9.17) is 0 Å².